The highest BCUT2D eigenvalue weighted by atomic mass is 16.2. The van der Waals surface area contributed by atoms with Crippen molar-refractivity contribution in [3.8, 4) is 0 Å². The SMILES string of the molecule is CCCCC(CC)CN1C(=O)NC(=O)C1(CC)CC. The van der Waals surface area contributed by atoms with Crippen LogP contribution < -0.4 is 5.32 Å². The molecule has 110 valence electrons. The number of unbranched alkanes of at least 4 members (excludes halogenated alkanes) is 1. The molecule has 1 heterocycles. The van der Waals surface area contributed by atoms with Gasteiger partial charge in [-0.25, -0.2) is 4.79 Å². The Morgan fingerprint density at radius 1 is 1.16 bits per heavy atom. The Balaban J connectivity index is 2.83. The van der Waals surface area contributed by atoms with E-state index in [0.717, 1.165) is 12.8 Å². The van der Waals surface area contributed by atoms with Crippen LogP contribution in [0.5, 0.6) is 0 Å². The fourth-order valence-corrected chi connectivity index (χ4v) is 2.98. The van der Waals surface area contributed by atoms with Gasteiger partial charge in [-0.2, -0.15) is 0 Å². The molecule has 0 aromatic heterocycles. The van der Waals surface area contributed by atoms with Gasteiger partial charge in [-0.15, -0.1) is 0 Å². The molecule has 1 atom stereocenters. The first kappa shape index (κ1) is 16.0. The molecule has 4 nitrogen and oxygen atoms in total. The van der Waals surface area contributed by atoms with Crippen molar-refractivity contribution in [2.24, 2.45) is 5.92 Å². The fourth-order valence-electron chi connectivity index (χ4n) is 2.98. The van der Waals surface area contributed by atoms with E-state index in [1.165, 1.54) is 12.8 Å². The number of hydrogen-bond donors (Lipinski definition) is 1. The number of imide groups is 1. The first-order chi connectivity index (χ1) is 9.05. The minimum Gasteiger partial charge on any atom is -0.309 e. The first-order valence-corrected chi connectivity index (χ1v) is 7.68. The van der Waals surface area contributed by atoms with Crippen LogP contribution in [-0.2, 0) is 4.79 Å². The summed E-state index contributed by atoms with van der Waals surface area (Å²) in [5.74, 6) is 0.377. The maximum atomic E-state index is 12.1. The van der Waals surface area contributed by atoms with Crippen LogP contribution in [-0.4, -0.2) is 28.9 Å². The molecule has 1 aliphatic heterocycles. The zero-order chi connectivity index (χ0) is 14.5. The van der Waals surface area contributed by atoms with Gasteiger partial charge in [0.15, 0.2) is 0 Å². The highest BCUT2D eigenvalue weighted by Gasteiger charge is 2.50. The van der Waals surface area contributed by atoms with Crippen LogP contribution in [0.3, 0.4) is 0 Å². The van der Waals surface area contributed by atoms with Crippen molar-refractivity contribution in [3.05, 3.63) is 0 Å². The second kappa shape index (κ2) is 6.92. The molecule has 1 unspecified atom stereocenters. The summed E-state index contributed by atoms with van der Waals surface area (Å²) in [6.45, 7) is 9.02. The van der Waals surface area contributed by atoms with Gasteiger partial charge >= 0.3 is 6.03 Å². The van der Waals surface area contributed by atoms with Crippen LogP contribution in [0, 0.1) is 5.92 Å². The summed E-state index contributed by atoms with van der Waals surface area (Å²) in [6.07, 6.45) is 5.92. The number of carbonyl (C=O) groups is 2. The lowest BCUT2D eigenvalue weighted by atomic mass is 9.89. The molecular formula is C15H28N2O2. The molecule has 1 aliphatic rings. The van der Waals surface area contributed by atoms with Gasteiger partial charge in [0.1, 0.15) is 5.54 Å². The zero-order valence-electron chi connectivity index (χ0n) is 12.8. The Kier molecular flexibility index (Phi) is 5.83. The van der Waals surface area contributed by atoms with Crippen molar-refractivity contribution in [3.63, 3.8) is 0 Å². The lowest BCUT2D eigenvalue weighted by Gasteiger charge is -2.35. The second-order valence-electron chi connectivity index (χ2n) is 5.53. The van der Waals surface area contributed by atoms with Crippen LogP contribution >= 0.6 is 0 Å². The third-order valence-electron chi connectivity index (χ3n) is 4.56. The van der Waals surface area contributed by atoms with Gasteiger partial charge in [-0.3, -0.25) is 10.1 Å². The monoisotopic (exact) mass is 268 g/mol. The second-order valence-corrected chi connectivity index (χ2v) is 5.53. The van der Waals surface area contributed by atoms with E-state index in [-0.39, 0.29) is 11.9 Å². The van der Waals surface area contributed by atoms with Crippen LogP contribution in [0.2, 0.25) is 0 Å². The van der Waals surface area contributed by atoms with Crippen LogP contribution in [0.1, 0.15) is 66.2 Å². The number of carbonyl (C=O) groups excluding carboxylic acids is 2. The summed E-state index contributed by atoms with van der Waals surface area (Å²) in [5.41, 5.74) is -0.614. The molecule has 19 heavy (non-hydrogen) atoms. The van der Waals surface area contributed by atoms with Gasteiger partial charge < -0.3 is 4.90 Å². The van der Waals surface area contributed by atoms with E-state index in [0.29, 0.717) is 25.3 Å². The molecule has 0 aromatic rings. The standard InChI is InChI=1S/C15H28N2O2/c1-5-9-10-12(6-2)11-17-14(19)16-13(18)15(17,7-3)8-4/h12H,5-11H2,1-4H3,(H,16,18,19). The van der Waals surface area contributed by atoms with E-state index in [1.807, 2.05) is 13.8 Å². The molecule has 1 rings (SSSR count). The summed E-state index contributed by atoms with van der Waals surface area (Å²) >= 11 is 0. The van der Waals surface area contributed by atoms with Crippen molar-refractivity contribution in [1.29, 1.82) is 0 Å². The van der Waals surface area contributed by atoms with Gasteiger partial charge in [0.25, 0.3) is 5.91 Å². The molecule has 3 amide bonds. The first-order valence-electron chi connectivity index (χ1n) is 7.68. The summed E-state index contributed by atoms with van der Waals surface area (Å²) < 4.78 is 0. The van der Waals surface area contributed by atoms with Crippen LogP contribution in [0.25, 0.3) is 0 Å². The largest absolute Gasteiger partial charge is 0.325 e. The molecule has 0 bridgehead atoms. The average Bonchev–Trinajstić information content (AvgIpc) is 2.65. The number of nitrogens with one attached hydrogen (secondary N) is 1. The maximum Gasteiger partial charge on any atom is 0.325 e. The smallest absolute Gasteiger partial charge is 0.309 e. The van der Waals surface area contributed by atoms with Gasteiger partial charge in [-0.1, -0.05) is 47.0 Å². The lowest BCUT2D eigenvalue weighted by molar-refractivity contribution is -0.127. The highest BCUT2D eigenvalue weighted by molar-refractivity contribution is 6.06. The number of urea groups is 1. The van der Waals surface area contributed by atoms with Gasteiger partial charge in [0, 0.05) is 6.54 Å². The van der Waals surface area contributed by atoms with Crippen molar-refractivity contribution in [2.75, 3.05) is 6.54 Å². The molecule has 0 aliphatic carbocycles. The Morgan fingerprint density at radius 3 is 2.26 bits per heavy atom. The molecule has 0 saturated carbocycles. The van der Waals surface area contributed by atoms with E-state index in [1.54, 1.807) is 4.90 Å². The molecule has 4 heteroatoms. The maximum absolute atomic E-state index is 12.1. The molecule has 0 radical (unpaired) electrons. The summed E-state index contributed by atoms with van der Waals surface area (Å²) in [5, 5.41) is 2.49. The third-order valence-corrected chi connectivity index (χ3v) is 4.56. The van der Waals surface area contributed by atoms with E-state index >= 15 is 0 Å². The Hall–Kier alpha value is -1.06. The number of amides is 3. The summed E-state index contributed by atoms with van der Waals surface area (Å²) in [7, 11) is 0. The topological polar surface area (TPSA) is 49.4 Å². The van der Waals surface area contributed by atoms with Crippen molar-refractivity contribution < 1.29 is 9.59 Å². The van der Waals surface area contributed by atoms with Crippen molar-refractivity contribution in [1.82, 2.24) is 10.2 Å². The highest BCUT2D eigenvalue weighted by Crippen LogP contribution is 2.31. The minimum atomic E-state index is -0.614. The molecule has 0 aromatic carbocycles. The average molecular weight is 268 g/mol. The van der Waals surface area contributed by atoms with E-state index in [2.05, 4.69) is 19.2 Å². The number of nitrogens with zero attached hydrogens (tertiary/aromatic N) is 1. The minimum absolute atomic E-state index is 0.118. The van der Waals surface area contributed by atoms with Gasteiger partial charge in [-0.05, 0) is 25.2 Å². The van der Waals surface area contributed by atoms with Gasteiger partial charge in [0.05, 0.1) is 0 Å². The quantitative estimate of drug-likeness (QED) is 0.687. The predicted molar refractivity (Wildman–Crippen MR) is 76.9 cm³/mol. The normalized spacial score (nSPS) is 19.7. The van der Waals surface area contributed by atoms with Crippen molar-refractivity contribution in [2.45, 2.75) is 71.8 Å². The van der Waals surface area contributed by atoms with E-state index in [4.69, 9.17) is 0 Å². The number of hydrogen-bond acceptors (Lipinski definition) is 2. The van der Waals surface area contributed by atoms with E-state index in [9.17, 15) is 9.59 Å². The Bertz CT molecular complexity index is 324. The molecule has 1 fully saturated rings. The lowest BCUT2D eigenvalue weighted by Crippen LogP contribution is -2.50. The zero-order valence-corrected chi connectivity index (χ0v) is 12.8. The molecule has 1 saturated heterocycles. The fraction of sp³-hybridized carbons (Fsp3) is 0.867. The summed E-state index contributed by atoms with van der Waals surface area (Å²) in [6, 6.07) is -0.205. The third kappa shape index (κ3) is 3.10. The van der Waals surface area contributed by atoms with Gasteiger partial charge in [0.2, 0.25) is 0 Å². The Labute approximate surface area is 116 Å². The molecule has 1 N–H and O–H groups in total. The number of rotatable bonds is 8. The van der Waals surface area contributed by atoms with E-state index < -0.39 is 5.54 Å². The summed E-state index contributed by atoms with van der Waals surface area (Å²) in [4.78, 5) is 25.9. The predicted octanol–water partition coefficient (Wildman–Crippen LogP) is 3.31. The molecular weight excluding hydrogens is 240 g/mol. The van der Waals surface area contributed by atoms with Crippen LogP contribution in [0.15, 0.2) is 0 Å². The van der Waals surface area contributed by atoms with Crippen molar-refractivity contribution >= 4 is 11.9 Å². The molecule has 0 spiro atoms. The Morgan fingerprint density at radius 2 is 1.79 bits per heavy atom. The van der Waals surface area contributed by atoms with Crippen LogP contribution in [0.4, 0.5) is 4.79 Å².